The molecule has 1 nitrogen and oxygen atoms in total. The molecule has 0 amide bonds. The fourth-order valence-electron chi connectivity index (χ4n) is 0.161. The molecule has 0 unspecified atom stereocenters. The normalized spacial score (nSPS) is 12.9. The van der Waals surface area contributed by atoms with Gasteiger partial charge in [-0.1, -0.05) is 6.58 Å². The monoisotopic (exact) mass is 101 g/mol. The average Bonchev–Trinajstić information content (AvgIpc) is 1.65. The van der Waals surface area contributed by atoms with Gasteiger partial charge in [-0.3, -0.25) is 0 Å². The van der Waals surface area contributed by atoms with Gasteiger partial charge in [-0.05, 0) is 13.0 Å². The second-order valence-corrected chi connectivity index (χ2v) is 1.24. The highest BCUT2D eigenvalue weighted by Crippen LogP contribution is 1.98. The summed E-state index contributed by atoms with van der Waals surface area (Å²) in [4.78, 5) is 0. The minimum Gasteiger partial charge on any atom is -0.400 e. The van der Waals surface area contributed by atoms with Crippen molar-refractivity contribution >= 4 is 0 Å². The van der Waals surface area contributed by atoms with Crippen LogP contribution in [0.3, 0.4) is 0 Å². The summed E-state index contributed by atoms with van der Waals surface area (Å²) in [6, 6.07) is 0. The van der Waals surface area contributed by atoms with Crippen LogP contribution >= 0.6 is 0 Å². The van der Waals surface area contributed by atoms with E-state index in [-0.39, 0.29) is 5.70 Å². The second kappa shape index (κ2) is 2.39. The lowest BCUT2D eigenvalue weighted by Crippen LogP contribution is -1.91. The van der Waals surface area contributed by atoms with Gasteiger partial charge in [0.2, 0.25) is 0 Å². The summed E-state index contributed by atoms with van der Waals surface area (Å²) in [6.07, 6.45) is 1.08. The largest absolute Gasteiger partial charge is 0.400 e. The van der Waals surface area contributed by atoms with E-state index >= 15 is 0 Å². The molecular weight excluding hydrogens is 93.1 g/mol. The van der Waals surface area contributed by atoms with Crippen LogP contribution in [-0.4, -0.2) is 0 Å². The number of rotatable bonds is 1. The van der Waals surface area contributed by atoms with Crippen molar-refractivity contribution in [3.8, 4) is 0 Å². The highest BCUT2D eigenvalue weighted by molar-refractivity contribution is 5.12. The van der Waals surface area contributed by atoms with Gasteiger partial charge in [-0.15, -0.1) is 0 Å². The van der Waals surface area contributed by atoms with E-state index in [9.17, 15) is 4.39 Å². The number of halogens is 1. The van der Waals surface area contributed by atoms with Crippen molar-refractivity contribution in [2.24, 2.45) is 5.73 Å². The van der Waals surface area contributed by atoms with E-state index in [0.29, 0.717) is 0 Å². The molecule has 0 aromatic heterocycles. The smallest absolute Gasteiger partial charge is 0.140 e. The van der Waals surface area contributed by atoms with Crippen LogP contribution in [0.2, 0.25) is 0 Å². The highest BCUT2D eigenvalue weighted by Gasteiger charge is 1.85. The van der Waals surface area contributed by atoms with Crippen LogP contribution in [-0.2, 0) is 0 Å². The summed E-state index contributed by atoms with van der Waals surface area (Å²) in [5, 5.41) is 0. The Morgan fingerprint density at radius 1 is 1.86 bits per heavy atom. The molecule has 0 aliphatic rings. The molecule has 40 valence electrons. The van der Waals surface area contributed by atoms with Crippen molar-refractivity contribution in [3.63, 3.8) is 0 Å². The Morgan fingerprint density at radius 3 is 2.29 bits per heavy atom. The van der Waals surface area contributed by atoms with E-state index in [1.807, 2.05) is 0 Å². The van der Waals surface area contributed by atoms with Gasteiger partial charge < -0.3 is 5.73 Å². The zero-order valence-electron chi connectivity index (χ0n) is 4.24. The van der Waals surface area contributed by atoms with Crippen molar-refractivity contribution in [2.75, 3.05) is 0 Å². The molecule has 0 spiro atoms. The minimum atomic E-state index is -0.444. The van der Waals surface area contributed by atoms with E-state index in [2.05, 4.69) is 6.58 Å². The van der Waals surface area contributed by atoms with Crippen LogP contribution in [0.4, 0.5) is 4.39 Å². The topological polar surface area (TPSA) is 26.0 Å². The summed E-state index contributed by atoms with van der Waals surface area (Å²) in [7, 11) is 0. The van der Waals surface area contributed by atoms with Crippen molar-refractivity contribution in [1.29, 1.82) is 0 Å². The van der Waals surface area contributed by atoms with Crippen LogP contribution in [0.15, 0.2) is 24.2 Å². The first-order valence-corrected chi connectivity index (χ1v) is 1.92. The average molecular weight is 101 g/mol. The van der Waals surface area contributed by atoms with Gasteiger partial charge in [0.1, 0.15) is 5.83 Å². The molecule has 2 heteroatoms. The predicted molar refractivity (Wildman–Crippen MR) is 28.2 cm³/mol. The van der Waals surface area contributed by atoms with E-state index in [1.54, 1.807) is 0 Å². The maximum absolute atomic E-state index is 11.9. The fourth-order valence-corrected chi connectivity index (χ4v) is 0.161. The molecule has 0 saturated carbocycles. The number of hydrogen-bond acceptors (Lipinski definition) is 1. The van der Waals surface area contributed by atoms with Crippen LogP contribution in [0, 0.1) is 0 Å². The summed E-state index contributed by atoms with van der Waals surface area (Å²) in [5.74, 6) is -0.444. The lowest BCUT2D eigenvalue weighted by molar-refractivity contribution is 0.653. The van der Waals surface area contributed by atoms with Crippen LogP contribution in [0.25, 0.3) is 0 Å². The minimum absolute atomic E-state index is 0.176. The molecule has 0 bridgehead atoms. The van der Waals surface area contributed by atoms with Crippen LogP contribution in [0.1, 0.15) is 6.92 Å². The van der Waals surface area contributed by atoms with Gasteiger partial charge in [0.25, 0.3) is 0 Å². The molecule has 0 fully saturated rings. The molecule has 0 heterocycles. The first kappa shape index (κ1) is 6.21. The Bertz CT molecular complexity index is 101. The summed E-state index contributed by atoms with van der Waals surface area (Å²) >= 11 is 0. The number of nitrogens with two attached hydrogens (primary N) is 1. The quantitative estimate of drug-likeness (QED) is 0.495. The second-order valence-electron chi connectivity index (χ2n) is 1.24. The van der Waals surface area contributed by atoms with Crippen molar-refractivity contribution in [1.82, 2.24) is 0 Å². The first-order chi connectivity index (χ1) is 3.18. The Balaban J connectivity index is 3.98. The number of hydrogen-bond donors (Lipinski definition) is 1. The van der Waals surface area contributed by atoms with Crippen LogP contribution < -0.4 is 5.73 Å². The van der Waals surface area contributed by atoms with Gasteiger partial charge in [0.15, 0.2) is 0 Å². The number of allylic oxidation sites excluding steroid dienone is 3. The molecule has 0 rings (SSSR count). The Labute approximate surface area is 42.3 Å². The van der Waals surface area contributed by atoms with Gasteiger partial charge in [0, 0.05) is 5.70 Å². The van der Waals surface area contributed by atoms with E-state index in [1.165, 1.54) is 6.92 Å². The molecule has 0 aliphatic heterocycles. The third-order valence-electron chi connectivity index (χ3n) is 0.556. The highest BCUT2D eigenvalue weighted by atomic mass is 19.1. The van der Waals surface area contributed by atoms with E-state index in [4.69, 9.17) is 5.73 Å². The SMILES string of the molecule is C=C/C(F)=C(/C)N. The standard InChI is InChI=1S/C5H8FN/c1-3-5(6)4(2)7/h3H,1,7H2,2H3/b5-4+. The molecular formula is C5H8FN. The van der Waals surface area contributed by atoms with Gasteiger partial charge >= 0.3 is 0 Å². The zero-order valence-corrected chi connectivity index (χ0v) is 4.24. The summed E-state index contributed by atoms with van der Waals surface area (Å²) in [6.45, 7) is 4.65. The van der Waals surface area contributed by atoms with Crippen molar-refractivity contribution in [2.45, 2.75) is 6.92 Å². The molecule has 7 heavy (non-hydrogen) atoms. The Hall–Kier alpha value is -0.790. The van der Waals surface area contributed by atoms with E-state index in [0.717, 1.165) is 6.08 Å². The van der Waals surface area contributed by atoms with Gasteiger partial charge in [-0.2, -0.15) is 0 Å². The Kier molecular flexibility index (Phi) is 2.12. The maximum atomic E-state index is 11.9. The summed E-state index contributed by atoms with van der Waals surface area (Å²) in [5.41, 5.74) is 5.16. The van der Waals surface area contributed by atoms with E-state index < -0.39 is 5.83 Å². The zero-order chi connectivity index (χ0) is 5.86. The lowest BCUT2D eigenvalue weighted by Gasteiger charge is -1.86. The molecule has 0 aromatic carbocycles. The fraction of sp³-hybridized carbons (Fsp3) is 0.200. The van der Waals surface area contributed by atoms with Crippen molar-refractivity contribution in [3.05, 3.63) is 24.2 Å². The van der Waals surface area contributed by atoms with Crippen molar-refractivity contribution < 1.29 is 4.39 Å². The predicted octanol–water partition coefficient (Wildman–Crippen LogP) is 1.33. The van der Waals surface area contributed by atoms with Gasteiger partial charge in [-0.25, -0.2) is 4.39 Å². The molecule has 0 aromatic rings. The van der Waals surface area contributed by atoms with Gasteiger partial charge in [0.05, 0.1) is 0 Å². The molecule has 2 N–H and O–H groups in total. The Morgan fingerprint density at radius 2 is 2.29 bits per heavy atom. The first-order valence-electron chi connectivity index (χ1n) is 1.92. The molecule has 0 saturated heterocycles. The maximum Gasteiger partial charge on any atom is 0.140 e. The third-order valence-corrected chi connectivity index (χ3v) is 0.556. The molecule has 0 aliphatic carbocycles. The summed E-state index contributed by atoms with van der Waals surface area (Å²) < 4.78 is 11.9. The lowest BCUT2D eigenvalue weighted by atomic mass is 10.4. The molecule has 0 atom stereocenters. The van der Waals surface area contributed by atoms with Crippen LogP contribution in [0.5, 0.6) is 0 Å². The third kappa shape index (κ3) is 1.98. The molecule has 0 radical (unpaired) electrons.